The van der Waals surface area contributed by atoms with E-state index < -0.39 is 35.8 Å². The summed E-state index contributed by atoms with van der Waals surface area (Å²) in [6.45, 7) is 15.0. The minimum atomic E-state index is -2.71. The van der Waals surface area contributed by atoms with Gasteiger partial charge in [0.25, 0.3) is 0 Å². The molecule has 24 heteroatoms. The lowest BCUT2D eigenvalue weighted by Crippen LogP contribution is -2.43. The molecule has 3 N–H and O–H groups in total. The van der Waals surface area contributed by atoms with Crippen LogP contribution < -0.4 is 16.0 Å². The van der Waals surface area contributed by atoms with Crippen molar-refractivity contribution in [3.63, 3.8) is 0 Å². The van der Waals surface area contributed by atoms with Gasteiger partial charge in [-0.1, -0.05) is 52.5 Å². The van der Waals surface area contributed by atoms with Crippen LogP contribution in [0.1, 0.15) is 118 Å². The summed E-state index contributed by atoms with van der Waals surface area (Å²) in [6.07, 6.45) is 10.1. The third kappa shape index (κ3) is 35.0. The zero-order valence-electron chi connectivity index (χ0n) is 45.0. The smallest absolute Gasteiger partial charge is 0.465 e. The van der Waals surface area contributed by atoms with Crippen molar-refractivity contribution >= 4 is 77.2 Å². The number of esters is 2. The summed E-state index contributed by atoms with van der Waals surface area (Å²) < 4.78 is 53.8. The monoisotopic (exact) mass is 1090 g/mol. The third-order valence-electron chi connectivity index (χ3n) is 10.9. The van der Waals surface area contributed by atoms with E-state index in [9.17, 15) is 28.8 Å². The molecule has 0 aromatic rings. The molecule has 0 aliphatic rings. The van der Waals surface area contributed by atoms with Gasteiger partial charge in [-0.3, -0.25) is 19.3 Å². The molecular formula is C47H92N4O16S2Si2. The SMILES string of the molecule is C=CC.CCC(CC(C)C(=O)OCCC[Si](OC)(OC)OC)SCCOC(=O)NCCCCCCNC(=O)N(CCCCCCNC(=O)OCCSC(CC)C(=O)OCCC[Si](OC)(OC)OC)C(C)=O. The highest BCUT2D eigenvalue weighted by molar-refractivity contribution is 8.00. The highest BCUT2D eigenvalue weighted by Gasteiger charge is 2.38. The zero-order valence-corrected chi connectivity index (χ0v) is 48.6. The number of allylic oxidation sites excluding steroid dienone is 1. The normalized spacial score (nSPS) is 12.5. The van der Waals surface area contributed by atoms with E-state index in [0.29, 0.717) is 88.3 Å². The van der Waals surface area contributed by atoms with Gasteiger partial charge in [-0.2, -0.15) is 11.8 Å². The summed E-state index contributed by atoms with van der Waals surface area (Å²) in [4.78, 5) is 75.4. The average Bonchev–Trinajstić information content (AvgIpc) is 3.36. The molecule has 0 saturated carbocycles. The van der Waals surface area contributed by atoms with Gasteiger partial charge in [0.05, 0.1) is 19.1 Å². The number of nitrogens with one attached hydrogen (secondary N) is 3. The quantitative estimate of drug-likeness (QED) is 0.0173. The van der Waals surface area contributed by atoms with Crippen LogP contribution in [0.25, 0.3) is 0 Å². The van der Waals surface area contributed by atoms with Crippen LogP contribution in [0.3, 0.4) is 0 Å². The molecule has 71 heavy (non-hydrogen) atoms. The van der Waals surface area contributed by atoms with E-state index in [1.165, 1.54) is 44.9 Å². The average molecular weight is 1090 g/mol. The van der Waals surface area contributed by atoms with E-state index in [2.05, 4.69) is 29.5 Å². The molecule has 0 radical (unpaired) electrons. The molecule has 0 aliphatic heterocycles. The molecule has 0 heterocycles. The number of amides is 5. The van der Waals surface area contributed by atoms with Crippen molar-refractivity contribution in [2.75, 3.05) is 107 Å². The first-order valence-electron chi connectivity index (χ1n) is 24.9. The summed E-state index contributed by atoms with van der Waals surface area (Å²) in [5.41, 5.74) is 0. The van der Waals surface area contributed by atoms with E-state index >= 15 is 0 Å². The van der Waals surface area contributed by atoms with Gasteiger partial charge in [0.2, 0.25) is 5.91 Å². The Morgan fingerprint density at radius 1 is 0.577 bits per heavy atom. The Kier molecular flexibility index (Phi) is 45.1. The predicted octanol–water partition coefficient (Wildman–Crippen LogP) is 7.98. The molecule has 0 aliphatic carbocycles. The van der Waals surface area contributed by atoms with E-state index in [4.69, 9.17) is 45.5 Å². The largest absolute Gasteiger partial charge is 0.500 e. The van der Waals surface area contributed by atoms with E-state index in [-0.39, 0.29) is 60.7 Å². The third-order valence-corrected chi connectivity index (χ3v) is 19.3. The fraction of sp³-hybridized carbons (Fsp3) is 0.830. The number of hydrogen-bond donors (Lipinski definition) is 3. The van der Waals surface area contributed by atoms with Gasteiger partial charge in [0, 0.05) is 105 Å². The second kappa shape index (κ2) is 45.7. The van der Waals surface area contributed by atoms with E-state index in [1.807, 2.05) is 20.8 Å². The summed E-state index contributed by atoms with van der Waals surface area (Å²) in [5.74, 6) is -0.0615. The van der Waals surface area contributed by atoms with Crippen LogP contribution in [0.5, 0.6) is 0 Å². The highest BCUT2D eigenvalue weighted by Crippen LogP contribution is 2.24. The van der Waals surface area contributed by atoms with Gasteiger partial charge in [-0.15, -0.1) is 18.3 Å². The van der Waals surface area contributed by atoms with Crippen molar-refractivity contribution in [3.8, 4) is 0 Å². The Balaban J connectivity index is 0. The first kappa shape index (κ1) is 70.1. The molecule has 0 aromatic carbocycles. The summed E-state index contributed by atoms with van der Waals surface area (Å²) in [5, 5.41) is 8.19. The minimum Gasteiger partial charge on any atom is -0.465 e. The number of carbonyl (C=O) groups is 6. The van der Waals surface area contributed by atoms with Gasteiger partial charge in [-0.25, -0.2) is 14.4 Å². The van der Waals surface area contributed by atoms with Gasteiger partial charge >= 0.3 is 47.8 Å². The number of ether oxygens (including phenoxy) is 4. The Hall–Kier alpha value is -2.95. The summed E-state index contributed by atoms with van der Waals surface area (Å²) in [6, 6.07) is 0.668. The first-order valence-corrected chi connectivity index (χ1v) is 30.8. The maximum absolute atomic E-state index is 12.7. The first-order chi connectivity index (χ1) is 34.1. The number of imide groups is 1. The zero-order chi connectivity index (χ0) is 53.8. The Morgan fingerprint density at radius 2 is 1.00 bits per heavy atom. The van der Waals surface area contributed by atoms with Gasteiger partial charge in [0.1, 0.15) is 18.5 Å². The Labute approximate surface area is 436 Å². The molecule has 0 fully saturated rings. The van der Waals surface area contributed by atoms with Gasteiger partial charge in [0.15, 0.2) is 0 Å². The number of rotatable bonds is 42. The number of thioether (sulfide) groups is 2. The van der Waals surface area contributed by atoms with Crippen LogP contribution in [0.4, 0.5) is 14.4 Å². The number of urea groups is 1. The molecule has 416 valence electrons. The molecule has 0 bridgehead atoms. The van der Waals surface area contributed by atoms with Crippen LogP contribution >= 0.6 is 23.5 Å². The molecule has 3 unspecified atom stereocenters. The van der Waals surface area contributed by atoms with Crippen molar-refractivity contribution in [2.24, 2.45) is 5.92 Å². The van der Waals surface area contributed by atoms with Crippen molar-refractivity contribution in [1.82, 2.24) is 20.9 Å². The topological polar surface area (TPSA) is 234 Å². The predicted molar refractivity (Wildman–Crippen MR) is 283 cm³/mol. The fourth-order valence-electron chi connectivity index (χ4n) is 6.67. The maximum atomic E-state index is 12.7. The number of nitrogens with zero attached hydrogens (tertiary/aromatic N) is 1. The Bertz CT molecular complexity index is 1420. The van der Waals surface area contributed by atoms with Crippen LogP contribution in [0.2, 0.25) is 12.1 Å². The lowest BCUT2D eigenvalue weighted by molar-refractivity contribution is -0.148. The molecule has 20 nitrogen and oxygen atoms in total. The lowest BCUT2D eigenvalue weighted by atomic mass is 10.0. The van der Waals surface area contributed by atoms with Crippen LogP contribution in [-0.4, -0.2) is 176 Å². The summed E-state index contributed by atoms with van der Waals surface area (Å²) >= 11 is 3.05. The highest BCUT2D eigenvalue weighted by atomic mass is 32.2. The lowest BCUT2D eigenvalue weighted by Gasteiger charge is -2.24. The van der Waals surface area contributed by atoms with Crippen molar-refractivity contribution in [1.29, 1.82) is 0 Å². The Morgan fingerprint density at radius 3 is 1.42 bits per heavy atom. The second-order valence-electron chi connectivity index (χ2n) is 16.2. The molecular weight excluding hydrogens is 997 g/mol. The van der Waals surface area contributed by atoms with Crippen molar-refractivity contribution < 1.29 is 74.3 Å². The number of hydrogen-bond acceptors (Lipinski definition) is 18. The van der Waals surface area contributed by atoms with Crippen LogP contribution in [0, 0.1) is 5.92 Å². The van der Waals surface area contributed by atoms with Crippen LogP contribution in [-0.2, 0) is 59.9 Å². The fourth-order valence-corrected chi connectivity index (χ4v) is 12.1. The van der Waals surface area contributed by atoms with Crippen molar-refractivity contribution in [3.05, 3.63) is 12.7 Å². The van der Waals surface area contributed by atoms with E-state index in [0.717, 1.165) is 44.9 Å². The van der Waals surface area contributed by atoms with E-state index in [1.54, 1.807) is 39.2 Å². The van der Waals surface area contributed by atoms with Crippen molar-refractivity contribution in [2.45, 2.75) is 141 Å². The molecule has 0 saturated heterocycles. The van der Waals surface area contributed by atoms with Gasteiger partial charge < -0.3 is 61.5 Å². The molecule has 3 atom stereocenters. The number of alkyl carbamates (subject to hydrolysis) is 2. The van der Waals surface area contributed by atoms with Crippen LogP contribution in [0.15, 0.2) is 12.7 Å². The standard InChI is InChI=1S/C44H86N4O16S2Si2.C3H6/c1-11-38(35-36(3)40(50)61-27-21-33-67(55-5,56-6)57-7)65-31-29-63-43(53)46-24-18-14-13-17-23-45-42(52)48(37(4)49)26-20-16-15-19-25-47-44(54)64-30-32-66-39(12-2)41(51)62-28-22-34-68(58-8,59-9)60-10;1-3-2/h36,38-39H,11-35H2,1-10H3,(H,45,52)(H,46,53)(H,47,54);3H,1H2,2H3. The molecule has 0 aromatic heterocycles. The van der Waals surface area contributed by atoms with Gasteiger partial charge in [-0.05, 0) is 64.7 Å². The number of unbranched alkanes of at least 4 members (excludes halogenated alkanes) is 6. The summed E-state index contributed by atoms with van der Waals surface area (Å²) in [7, 11) is 3.88. The molecule has 0 rings (SSSR count). The minimum absolute atomic E-state index is 0.154. The number of carbonyl (C=O) groups excluding carboxylic acids is 6. The second-order valence-corrected chi connectivity index (χ2v) is 25.1. The molecule has 5 amide bonds. The molecule has 0 spiro atoms. The maximum Gasteiger partial charge on any atom is 0.500 e.